The second-order valence-electron chi connectivity index (χ2n) is 6.22. The Hall–Kier alpha value is -3.42. The van der Waals surface area contributed by atoms with Crippen LogP contribution in [0.4, 0.5) is 5.82 Å². The van der Waals surface area contributed by atoms with Crippen molar-refractivity contribution in [3.05, 3.63) is 76.4 Å². The van der Waals surface area contributed by atoms with Gasteiger partial charge in [-0.2, -0.15) is 0 Å². The quantitative estimate of drug-likeness (QED) is 0.438. The monoisotopic (exact) mass is 441 g/mol. The topological polar surface area (TPSA) is 94.3 Å². The largest absolute Gasteiger partial charge is 0.452 e. The molecule has 0 saturated carbocycles. The van der Waals surface area contributed by atoms with E-state index in [4.69, 9.17) is 32.5 Å². The fourth-order valence-corrected chi connectivity index (χ4v) is 3.18. The minimum Gasteiger partial charge on any atom is -0.452 e. The maximum atomic E-state index is 12.4. The number of hydrogen-bond acceptors (Lipinski definition) is 6. The number of carbonyl (C=O) groups is 2. The smallest absolute Gasteiger partial charge is 0.338 e. The van der Waals surface area contributed by atoms with Crippen molar-refractivity contribution < 1.29 is 18.8 Å². The van der Waals surface area contributed by atoms with E-state index in [1.165, 1.54) is 12.3 Å². The Labute approximate surface area is 180 Å². The molecule has 0 fully saturated rings. The van der Waals surface area contributed by atoms with E-state index in [1.807, 2.05) is 30.3 Å². The molecule has 2 aromatic carbocycles. The minimum absolute atomic E-state index is 0.125. The molecule has 30 heavy (non-hydrogen) atoms. The predicted octanol–water partition coefficient (Wildman–Crippen LogP) is 4.99. The summed E-state index contributed by atoms with van der Waals surface area (Å²) in [7, 11) is 0. The van der Waals surface area contributed by atoms with Crippen molar-refractivity contribution in [2.24, 2.45) is 0 Å². The highest BCUT2D eigenvalue weighted by atomic mass is 35.5. The van der Waals surface area contributed by atoms with Gasteiger partial charge in [-0.25, -0.2) is 9.78 Å². The molecule has 0 aliphatic heterocycles. The molecule has 0 aliphatic carbocycles. The molecule has 0 aliphatic rings. The number of ether oxygens (including phenoxy) is 1. The van der Waals surface area contributed by atoms with Gasteiger partial charge in [-0.15, -0.1) is 0 Å². The zero-order valence-electron chi connectivity index (χ0n) is 15.3. The first-order valence-corrected chi connectivity index (χ1v) is 9.50. The van der Waals surface area contributed by atoms with Gasteiger partial charge in [0.1, 0.15) is 5.52 Å². The average molecular weight is 442 g/mol. The van der Waals surface area contributed by atoms with Crippen LogP contribution in [0.5, 0.6) is 0 Å². The third-order valence-electron chi connectivity index (χ3n) is 4.15. The van der Waals surface area contributed by atoms with Crippen molar-refractivity contribution in [2.75, 3.05) is 11.9 Å². The van der Waals surface area contributed by atoms with Gasteiger partial charge in [0.2, 0.25) is 0 Å². The van der Waals surface area contributed by atoms with Crippen molar-refractivity contribution in [2.45, 2.75) is 0 Å². The van der Waals surface area contributed by atoms with Crippen LogP contribution in [0.15, 0.2) is 65.3 Å². The molecule has 1 amide bonds. The van der Waals surface area contributed by atoms with E-state index >= 15 is 0 Å². The number of rotatable bonds is 5. The lowest BCUT2D eigenvalue weighted by molar-refractivity contribution is -0.119. The van der Waals surface area contributed by atoms with E-state index in [1.54, 1.807) is 18.2 Å². The molecule has 4 rings (SSSR count). The van der Waals surface area contributed by atoms with Crippen LogP contribution in [-0.4, -0.2) is 28.6 Å². The maximum Gasteiger partial charge on any atom is 0.338 e. The van der Waals surface area contributed by atoms with Crippen LogP contribution in [0.3, 0.4) is 0 Å². The second-order valence-corrected chi connectivity index (χ2v) is 7.06. The molecular formula is C21H13Cl2N3O4. The molecule has 2 aromatic heterocycles. The standard InChI is InChI=1S/C21H13Cl2N3O4/c22-14-9-16(23)20(24-10-14)25-18(27)11-29-21(28)13-6-7-17-15(8-13)19(30-26-17)12-4-2-1-3-5-12/h1-10H,11H2,(H,24,25,27). The number of anilines is 1. The molecule has 0 saturated heterocycles. The first-order valence-electron chi connectivity index (χ1n) is 8.74. The number of amides is 1. The summed E-state index contributed by atoms with van der Waals surface area (Å²) in [5.74, 6) is -0.583. The first kappa shape index (κ1) is 19.9. The third-order valence-corrected chi connectivity index (χ3v) is 4.64. The number of nitrogens with zero attached hydrogens (tertiary/aromatic N) is 2. The lowest BCUT2D eigenvalue weighted by atomic mass is 10.1. The van der Waals surface area contributed by atoms with Gasteiger partial charge in [0.25, 0.3) is 5.91 Å². The number of aromatic nitrogens is 2. The number of nitrogens with one attached hydrogen (secondary N) is 1. The fourth-order valence-electron chi connectivity index (χ4n) is 2.76. The van der Waals surface area contributed by atoms with Gasteiger partial charge in [-0.05, 0) is 24.3 Å². The summed E-state index contributed by atoms with van der Waals surface area (Å²) in [6, 6.07) is 15.7. The molecule has 7 nitrogen and oxygen atoms in total. The Morgan fingerprint density at radius 2 is 1.87 bits per heavy atom. The Bertz CT molecular complexity index is 1240. The zero-order chi connectivity index (χ0) is 21.1. The van der Waals surface area contributed by atoms with E-state index in [0.717, 1.165) is 5.56 Å². The van der Waals surface area contributed by atoms with Crippen LogP contribution in [0.2, 0.25) is 10.0 Å². The number of carbonyl (C=O) groups excluding carboxylic acids is 2. The number of benzene rings is 2. The van der Waals surface area contributed by atoms with Gasteiger partial charge < -0.3 is 14.6 Å². The van der Waals surface area contributed by atoms with Gasteiger partial charge >= 0.3 is 5.97 Å². The Morgan fingerprint density at radius 3 is 2.63 bits per heavy atom. The number of hydrogen-bond donors (Lipinski definition) is 1. The third kappa shape index (κ3) is 4.27. The summed E-state index contributed by atoms with van der Waals surface area (Å²) in [6.07, 6.45) is 1.34. The molecule has 0 atom stereocenters. The summed E-state index contributed by atoms with van der Waals surface area (Å²) >= 11 is 11.7. The summed E-state index contributed by atoms with van der Waals surface area (Å²) in [4.78, 5) is 28.4. The van der Waals surface area contributed by atoms with Crippen LogP contribution in [-0.2, 0) is 9.53 Å². The van der Waals surface area contributed by atoms with Crippen LogP contribution in [0.25, 0.3) is 22.2 Å². The van der Waals surface area contributed by atoms with Crippen LogP contribution in [0, 0.1) is 0 Å². The van der Waals surface area contributed by atoms with E-state index < -0.39 is 18.5 Å². The maximum absolute atomic E-state index is 12.4. The van der Waals surface area contributed by atoms with Crippen molar-refractivity contribution in [3.8, 4) is 11.3 Å². The molecule has 9 heteroatoms. The molecule has 0 bridgehead atoms. The molecular weight excluding hydrogens is 429 g/mol. The van der Waals surface area contributed by atoms with Crippen molar-refractivity contribution in [1.82, 2.24) is 10.1 Å². The number of halogens is 2. The lowest BCUT2D eigenvalue weighted by Gasteiger charge is -2.07. The summed E-state index contributed by atoms with van der Waals surface area (Å²) in [5.41, 5.74) is 1.70. The summed E-state index contributed by atoms with van der Waals surface area (Å²) in [5, 5.41) is 7.64. The highest BCUT2D eigenvalue weighted by Crippen LogP contribution is 2.29. The molecule has 2 heterocycles. The molecule has 4 aromatic rings. The normalized spacial score (nSPS) is 10.7. The molecule has 0 spiro atoms. The van der Waals surface area contributed by atoms with Crippen molar-refractivity contribution in [3.63, 3.8) is 0 Å². The predicted molar refractivity (Wildman–Crippen MR) is 113 cm³/mol. The lowest BCUT2D eigenvalue weighted by Crippen LogP contribution is -2.21. The van der Waals surface area contributed by atoms with E-state index in [0.29, 0.717) is 21.7 Å². The van der Waals surface area contributed by atoms with E-state index in [-0.39, 0.29) is 16.4 Å². The fraction of sp³-hybridized carbons (Fsp3) is 0.0476. The molecule has 1 N–H and O–H groups in total. The van der Waals surface area contributed by atoms with Crippen LogP contribution < -0.4 is 5.32 Å². The van der Waals surface area contributed by atoms with Crippen molar-refractivity contribution >= 4 is 51.8 Å². The average Bonchev–Trinajstić information content (AvgIpc) is 3.18. The van der Waals surface area contributed by atoms with Crippen LogP contribution >= 0.6 is 23.2 Å². The second kappa shape index (κ2) is 8.52. The number of pyridine rings is 1. The summed E-state index contributed by atoms with van der Waals surface area (Å²) < 4.78 is 10.5. The Balaban J connectivity index is 1.46. The zero-order valence-corrected chi connectivity index (χ0v) is 16.8. The Morgan fingerprint density at radius 1 is 1.07 bits per heavy atom. The molecule has 150 valence electrons. The highest BCUT2D eigenvalue weighted by Gasteiger charge is 2.16. The summed E-state index contributed by atoms with van der Waals surface area (Å²) in [6.45, 7) is -0.507. The highest BCUT2D eigenvalue weighted by molar-refractivity contribution is 6.36. The van der Waals surface area contributed by atoms with Gasteiger partial charge in [0.05, 0.1) is 21.0 Å². The van der Waals surface area contributed by atoms with E-state index in [2.05, 4.69) is 15.5 Å². The minimum atomic E-state index is -0.664. The SMILES string of the molecule is O=C(COC(=O)c1ccc2noc(-c3ccccc3)c2c1)Nc1ncc(Cl)cc1Cl. The van der Waals surface area contributed by atoms with Crippen molar-refractivity contribution in [1.29, 1.82) is 0 Å². The molecule has 0 unspecified atom stereocenters. The number of fused-ring (bicyclic) bond motifs is 1. The van der Waals surface area contributed by atoms with Gasteiger partial charge in [0.15, 0.2) is 18.2 Å². The van der Waals surface area contributed by atoms with Gasteiger partial charge in [-0.1, -0.05) is 58.7 Å². The first-order chi connectivity index (χ1) is 14.5. The molecule has 0 radical (unpaired) electrons. The van der Waals surface area contributed by atoms with Crippen LogP contribution in [0.1, 0.15) is 10.4 Å². The Kier molecular flexibility index (Phi) is 5.65. The number of esters is 1. The van der Waals surface area contributed by atoms with E-state index in [9.17, 15) is 9.59 Å². The van der Waals surface area contributed by atoms with Gasteiger partial charge in [0, 0.05) is 11.8 Å². The van der Waals surface area contributed by atoms with Gasteiger partial charge in [-0.3, -0.25) is 4.79 Å².